The molecule has 0 amide bonds. The molecule has 0 unspecified atom stereocenters. The van der Waals surface area contributed by atoms with Crippen LogP contribution >= 0.6 is 15.9 Å². The standard InChI is InChI=1S/C13H17BrO2/c1-9(15)12-6-5-11(14)7-13(12)16-8-10-3-2-4-10/h5-7,9-10,15H,2-4,8H2,1H3/t9-/m0/s1. The molecular weight excluding hydrogens is 268 g/mol. The SMILES string of the molecule is C[C@H](O)c1ccc(Br)cc1OCC1CCC1. The van der Waals surface area contributed by atoms with Crippen molar-refractivity contribution < 1.29 is 9.84 Å². The van der Waals surface area contributed by atoms with Crippen molar-refractivity contribution in [2.75, 3.05) is 6.61 Å². The van der Waals surface area contributed by atoms with Gasteiger partial charge in [-0.3, -0.25) is 0 Å². The van der Waals surface area contributed by atoms with Gasteiger partial charge >= 0.3 is 0 Å². The Bertz CT molecular complexity index is 359. The molecule has 1 N–H and O–H groups in total. The van der Waals surface area contributed by atoms with Crippen LogP contribution in [-0.2, 0) is 0 Å². The van der Waals surface area contributed by atoms with E-state index < -0.39 is 6.10 Å². The molecule has 0 bridgehead atoms. The molecule has 0 saturated heterocycles. The van der Waals surface area contributed by atoms with Gasteiger partial charge in [-0.15, -0.1) is 0 Å². The van der Waals surface area contributed by atoms with Gasteiger partial charge in [0.25, 0.3) is 0 Å². The highest BCUT2D eigenvalue weighted by Crippen LogP contribution is 2.31. The molecule has 88 valence electrons. The number of ether oxygens (including phenoxy) is 1. The zero-order valence-corrected chi connectivity index (χ0v) is 11.0. The van der Waals surface area contributed by atoms with Crippen LogP contribution in [0, 0.1) is 5.92 Å². The van der Waals surface area contributed by atoms with Crippen molar-refractivity contribution >= 4 is 15.9 Å². The molecule has 1 saturated carbocycles. The van der Waals surface area contributed by atoms with Gasteiger partial charge in [0.05, 0.1) is 12.7 Å². The lowest BCUT2D eigenvalue weighted by Crippen LogP contribution is -2.19. The lowest BCUT2D eigenvalue weighted by Gasteiger charge is -2.26. The minimum atomic E-state index is -0.482. The summed E-state index contributed by atoms with van der Waals surface area (Å²) < 4.78 is 6.78. The second-order valence-corrected chi connectivity index (χ2v) is 5.38. The topological polar surface area (TPSA) is 29.5 Å². The zero-order chi connectivity index (χ0) is 11.5. The van der Waals surface area contributed by atoms with Crippen molar-refractivity contribution in [1.82, 2.24) is 0 Å². The van der Waals surface area contributed by atoms with Gasteiger partial charge in [0.15, 0.2) is 0 Å². The molecule has 1 aromatic rings. The van der Waals surface area contributed by atoms with Crippen molar-refractivity contribution in [2.45, 2.75) is 32.3 Å². The maximum absolute atomic E-state index is 9.64. The van der Waals surface area contributed by atoms with E-state index in [-0.39, 0.29) is 0 Å². The van der Waals surface area contributed by atoms with Crippen molar-refractivity contribution in [3.8, 4) is 5.75 Å². The summed E-state index contributed by atoms with van der Waals surface area (Å²) in [6, 6.07) is 5.77. The minimum absolute atomic E-state index is 0.482. The van der Waals surface area contributed by atoms with Crippen LogP contribution in [0.25, 0.3) is 0 Å². The number of hydrogen-bond acceptors (Lipinski definition) is 2. The Hall–Kier alpha value is -0.540. The van der Waals surface area contributed by atoms with Crippen molar-refractivity contribution in [1.29, 1.82) is 0 Å². The van der Waals surface area contributed by atoms with E-state index in [0.717, 1.165) is 22.4 Å². The molecule has 16 heavy (non-hydrogen) atoms. The number of benzene rings is 1. The number of halogens is 1. The maximum atomic E-state index is 9.64. The van der Waals surface area contributed by atoms with Crippen LogP contribution in [0.1, 0.15) is 37.9 Å². The van der Waals surface area contributed by atoms with Crippen LogP contribution in [0.5, 0.6) is 5.75 Å². The van der Waals surface area contributed by atoms with Gasteiger partial charge < -0.3 is 9.84 Å². The van der Waals surface area contributed by atoms with Crippen LogP contribution in [0.15, 0.2) is 22.7 Å². The Labute approximate surface area is 105 Å². The van der Waals surface area contributed by atoms with E-state index >= 15 is 0 Å². The lowest BCUT2D eigenvalue weighted by atomic mass is 9.86. The Morgan fingerprint density at radius 3 is 2.81 bits per heavy atom. The highest BCUT2D eigenvalue weighted by Gasteiger charge is 2.19. The largest absolute Gasteiger partial charge is 0.493 e. The zero-order valence-electron chi connectivity index (χ0n) is 9.45. The van der Waals surface area contributed by atoms with Crippen LogP contribution in [0.4, 0.5) is 0 Å². The van der Waals surface area contributed by atoms with Gasteiger partial charge in [-0.2, -0.15) is 0 Å². The quantitative estimate of drug-likeness (QED) is 0.914. The van der Waals surface area contributed by atoms with Crippen LogP contribution in [0.3, 0.4) is 0 Å². The van der Waals surface area contributed by atoms with Gasteiger partial charge in [-0.25, -0.2) is 0 Å². The third kappa shape index (κ3) is 2.77. The molecule has 1 aliphatic rings. The summed E-state index contributed by atoms with van der Waals surface area (Å²) in [5, 5.41) is 9.64. The number of aliphatic hydroxyl groups is 1. The van der Waals surface area contributed by atoms with Gasteiger partial charge in [-0.05, 0) is 37.8 Å². The minimum Gasteiger partial charge on any atom is -0.493 e. The molecule has 0 spiro atoms. The summed E-state index contributed by atoms with van der Waals surface area (Å²) in [7, 11) is 0. The maximum Gasteiger partial charge on any atom is 0.126 e. The fourth-order valence-electron chi connectivity index (χ4n) is 1.85. The van der Waals surface area contributed by atoms with E-state index in [9.17, 15) is 5.11 Å². The molecule has 2 rings (SSSR count). The Morgan fingerprint density at radius 1 is 1.50 bits per heavy atom. The molecule has 1 aliphatic carbocycles. The molecule has 2 nitrogen and oxygen atoms in total. The van der Waals surface area contributed by atoms with Crippen molar-refractivity contribution in [3.05, 3.63) is 28.2 Å². The monoisotopic (exact) mass is 284 g/mol. The van der Waals surface area contributed by atoms with Gasteiger partial charge in [0.2, 0.25) is 0 Å². The summed E-state index contributed by atoms with van der Waals surface area (Å²) in [5.41, 5.74) is 0.863. The summed E-state index contributed by atoms with van der Waals surface area (Å²) in [6.45, 7) is 2.54. The Morgan fingerprint density at radius 2 is 2.25 bits per heavy atom. The summed E-state index contributed by atoms with van der Waals surface area (Å²) in [5.74, 6) is 1.51. The highest BCUT2D eigenvalue weighted by atomic mass is 79.9. The number of aliphatic hydroxyl groups excluding tert-OH is 1. The molecule has 0 aromatic heterocycles. The van der Waals surface area contributed by atoms with Crippen molar-refractivity contribution in [2.24, 2.45) is 5.92 Å². The predicted molar refractivity (Wildman–Crippen MR) is 67.6 cm³/mol. The molecular formula is C13H17BrO2. The summed E-state index contributed by atoms with van der Waals surface area (Å²) in [6.07, 6.45) is 3.40. The van der Waals surface area contributed by atoms with E-state index in [0.29, 0.717) is 5.92 Å². The third-order valence-corrected chi connectivity index (χ3v) is 3.62. The molecule has 1 atom stereocenters. The van der Waals surface area contributed by atoms with Gasteiger partial charge in [0, 0.05) is 10.0 Å². The predicted octanol–water partition coefficient (Wildman–Crippen LogP) is 3.68. The average molecular weight is 285 g/mol. The summed E-state index contributed by atoms with van der Waals surface area (Å²) >= 11 is 3.42. The molecule has 1 aromatic carbocycles. The smallest absolute Gasteiger partial charge is 0.126 e. The highest BCUT2D eigenvalue weighted by molar-refractivity contribution is 9.10. The normalized spacial score (nSPS) is 17.9. The van der Waals surface area contributed by atoms with Crippen LogP contribution < -0.4 is 4.74 Å². The Kier molecular flexibility index (Phi) is 3.87. The van der Waals surface area contributed by atoms with Crippen LogP contribution in [-0.4, -0.2) is 11.7 Å². The van der Waals surface area contributed by atoms with E-state index in [1.807, 2.05) is 18.2 Å². The van der Waals surface area contributed by atoms with Gasteiger partial charge in [-0.1, -0.05) is 28.4 Å². The first-order valence-corrected chi connectivity index (χ1v) is 6.56. The molecule has 0 radical (unpaired) electrons. The third-order valence-electron chi connectivity index (χ3n) is 3.12. The fraction of sp³-hybridized carbons (Fsp3) is 0.538. The number of rotatable bonds is 4. The van der Waals surface area contributed by atoms with E-state index in [1.54, 1.807) is 6.92 Å². The van der Waals surface area contributed by atoms with Crippen molar-refractivity contribution in [3.63, 3.8) is 0 Å². The van der Waals surface area contributed by atoms with Gasteiger partial charge in [0.1, 0.15) is 5.75 Å². The van der Waals surface area contributed by atoms with E-state index in [1.165, 1.54) is 19.3 Å². The second-order valence-electron chi connectivity index (χ2n) is 4.47. The fourth-order valence-corrected chi connectivity index (χ4v) is 2.19. The second kappa shape index (κ2) is 5.19. The molecule has 0 heterocycles. The molecule has 3 heteroatoms. The Balaban J connectivity index is 2.06. The lowest BCUT2D eigenvalue weighted by molar-refractivity contribution is 0.164. The van der Waals surface area contributed by atoms with E-state index in [2.05, 4.69) is 15.9 Å². The molecule has 0 aliphatic heterocycles. The van der Waals surface area contributed by atoms with Crippen LogP contribution in [0.2, 0.25) is 0 Å². The summed E-state index contributed by atoms with van der Waals surface area (Å²) in [4.78, 5) is 0. The number of hydrogen-bond donors (Lipinski definition) is 1. The average Bonchev–Trinajstić information content (AvgIpc) is 2.14. The molecule has 1 fully saturated rings. The first kappa shape index (κ1) is 11.9. The first-order chi connectivity index (χ1) is 7.66. The van der Waals surface area contributed by atoms with E-state index in [4.69, 9.17) is 4.74 Å². The first-order valence-electron chi connectivity index (χ1n) is 5.77.